The van der Waals surface area contributed by atoms with Crippen LogP contribution in [0.4, 0.5) is 23.2 Å². The topological polar surface area (TPSA) is 85.4 Å². The Balaban J connectivity index is 1.97. The van der Waals surface area contributed by atoms with Crippen LogP contribution >= 0.6 is 11.6 Å². The smallest absolute Gasteiger partial charge is 0.419 e. The predicted molar refractivity (Wildman–Crippen MR) is 113 cm³/mol. The van der Waals surface area contributed by atoms with E-state index in [1.807, 2.05) is 0 Å². The van der Waals surface area contributed by atoms with Gasteiger partial charge in [0.05, 0.1) is 11.6 Å². The quantitative estimate of drug-likeness (QED) is 0.388. The maximum Gasteiger partial charge on any atom is 0.419 e. The predicted octanol–water partition coefficient (Wildman–Crippen LogP) is 5.37. The molecule has 0 bridgehead atoms. The molecule has 0 fully saturated rings. The van der Waals surface area contributed by atoms with E-state index in [4.69, 9.17) is 11.6 Å². The van der Waals surface area contributed by atoms with E-state index in [-0.39, 0.29) is 23.2 Å². The first-order valence-corrected chi connectivity index (χ1v) is 10.2. The summed E-state index contributed by atoms with van der Waals surface area (Å²) in [6.45, 7) is 1.61. The summed E-state index contributed by atoms with van der Waals surface area (Å²) in [7, 11) is 0. The molecule has 5 nitrogen and oxygen atoms in total. The summed E-state index contributed by atoms with van der Waals surface area (Å²) in [4.78, 5) is 14.2. The van der Waals surface area contributed by atoms with Gasteiger partial charge in [-0.1, -0.05) is 24.6 Å². The molecule has 0 radical (unpaired) electrons. The molecule has 0 saturated heterocycles. The Kier molecular flexibility index (Phi) is 5.37. The highest BCUT2D eigenvalue weighted by Crippen LogP contribution is 2.56. The number of aromatic amines is 1. The second-order valence-electron chi connectivity index (χ2n) is 7.92. The van der Waals surface area contributed by atoms with E-state index in [2.05, 4.69) is 10.3 Å². The number of aliphatic hydroxyl groups is 1. The first-order valence-electron chi connectivity index (χ1n) is 9.86. The summed E-state index contributed by atoms with van der Waals surface area (Å²) >= 11 is 5.83. The number of aromatic nitrogens is 1. The summed E-state index contributed by atoms with van der Waals surface area (Å²) in [5.41, 5.74) is -3.27. The molecule has 2 aromatic carbocycles. The summed E-state index contributed by atoms with van der Waals surface area (Å²) < 4.78 is 57.1. The molecule has 170 valence electrons. The normalized spacial score (nSPS) is 23.2. The van der Waals surface area contributed by atoms with Gasteiger partial charge in [0, 0.05) is 22.7 Å². The summed E-state index contributed by atoms with van der Waals surface area (Å²) in [6.07, 6.45) is -5.67. The van der Waals surface area contributed by atoms with Crippen molar-refractivity contribution < 1.29 is 27.8 Å². The Hall–Kier alpha value is -2.78. The van der Waals surface area contributed by atoms with Crippen LogP contribution in [0.1, 0.15) is 42.9 Å². The number of anilines is 1. The van der Waals surface area contributed by atoms with Crippen molar-refractivity contribution in [3.63, 3.8) is 0 Å². The van der Waals surface area contributed by atoms with Gasteiger partial charge in [0.25, 0.3) is 0 Å². The highest BCUT2D eigenvalue weighted by molar-refractivity contribution is 6.32. The van der Waals surface area contributed by atoms with E-state index in [0.717, 1.165) is 6.07 Å². The van der Waals surface area contributed by atoms with Gasteiger partial charge in [0.15, 0.2) is 5.60 Å². The van der Waals surface area contributed by atoms with Gasteiger partial charge in [-0.2, -0.15) is 13.2 Å². The molecular weight excluding hydrogens is 452 g/mol. The van der Waals surface area contributed by atoms with Gasteiger partial charge in [-0.25, -0.2) is 4.39 Å². The third-order valence-corrected chi connectivity index (χ3v) is 6.43. The molecule has 10 heteroatoms. The molecule has 0 amide bonds. The highest BCUT2D eigenvalue weighted by Gasteiger charge is 2.62. The number of phenols is 1. The molecule has 3 aromatic rings. The molecular formula is C22H19ClF4N2O3. The number of alkyl halides is 3. The average molecular weight is 471 g/mol. The fourth-order valence-corrected chi connectivity index (χ4v) is 4.62. The van der Waals surface area contributed by atoms with Crippen LogP contribution in [0.2, 0.25) is 5.02 Å². The van der Waals surface area contributed by atoms with Crippen LogP contribution in [-0.2, 0) is 0 Å². The number of H-pyrrole nitrogens is 1. The number of hydrogen-bond donors (Lipinski definition) is 4. The van der Waals surface area contributed by atoms with Crippen LogP contribution in [0.3, 0.4) is 0 Å². The second kappa shape index (κ2) is 7.67. The minimum Gasteiger partial charge on any atom is -0.506 e. The van der Waals surface area contributed by atoms with Gasteiger partial charge in [-0.15, -0.1) is 0 Å². The average Bonchev–Trinajstić information content (AvgIpc) is 2.72. The van der Waals surface area contributed by atoms with E-state index in [1.54, 1.807) is 13.0 Å². The van der Waals surface area contributed by atoms with Gasteiger partial charge in [-0.3, -0.25) is 4.79 Å². The SMILES string of the molecule is CC[C@@H]1C[C@](O)(C(F)(F)F)C(Nc2cccc3[nH]c(=O)ccc23)c2cc(F)c(Cl)c(O)c21. The third kappa shape index (κ3) is 3.40. The lowest BCUT2D eigenvalue weighted by molar-refractivity contribution is -0.272. The summed E-state index contributed by atoms with van der Waals surface area (Å²) in [5, 5.41) is 24.0. The van der Waals surface area contributed by atoms with Crippen molar-refractivity contribution in [2.45, 2.75) is 43.5 Å². The lowest BCUT2D eigenvalue weighted by Crippen LogP contribution is -2.55. The molecule has 0 aliphatic heterocycles. The zero-order valence-corrected chi connectivity index (χ0v) is 17.5. The minimum absolute atomic E-state index is 0.0685. The van der Waals surface area contributed by atoms with Crippen molar-refractivity contribution in [1.82, 2.24) is 4.98 Å². The van der Waals surface area contributed by atoms with Crippen LogP contribution in [0.25, 0.3) is 10.9 Å². The number of hydrogen-bond acceptors (Lipinski definition) is 4. The molecule has 32 heavy (non-hydrogen) atoms. The molecule has 3 atom stereocenters. The van der Waals surface area contributed by atoms with Gasteiger partial charge < -0.3 is 20.5 Å². The maximum absolute atomic E-state index is 14.4. The lowest BCUT2D eigenvalue weighted by atomic mass is 9.69. The van der Waals surface area contributed by atoms with Crippen LogP contribution in [0.5, 0.6) is 5.75 Å². The molecule has 0 saturated carbocycles. The molecule has 1 aliphatic carbocycles. The van der Waals surface area contributed by atoms with E-state index < -0.39 is 52.3 Å². The van der Waals surface area contributed by atoms with E-state index >= 15 is 0 Å². The van der Waals surface area contributed by atoms with Gasteiger partial charge in [0.1, 0.15) is 16.6 Å². The maximum atomic E-state index is 14.4. The van der Waals surface area contributed by atoms with E-state index in [0.29, 0.717) is 10.9 Å². The van der Waals surface area contributed by atoms with Gasteiger partial charge in [-0.05, 0) is 48.6 Å². The number of fused-ring (bicyclic) bond motifs is 2. The fraction of sp³-hybridized carbons (Fsp3) is 0.318. The van der Waals surface area contributed by atoms with Crippen molar-refractivity contribution >= 4 is 28.2 Å². The monoisotopic (exact) mass is 470 g/mol. The first kappa shape index (κ1) is 22.4. The van der Waals surface area contributed by atoms with E-state index in [9.17, 15) is 32.6 Å². The summed E-state index contributed by atoms with van der Waals surface area (Å²) in [6, 6.07) is 6.20. The summed E-state index contributed by atoms with van der Waals surface area (Å²) in [5.74, 6) is -2.64. The first-order chi connectivity index (χ1) is 15.0. The van der Waals surface area contributed by atoms with Crippen LogP contribution in [0.15, 0.2) is 41.2 Å². The molecule has 0 spiro atoms. The van der Waals surface area contributed by atoms with Crippen molar-refractivity contribution in [3.8, 4) is 5.75 Å². The number of rotatable bonds is 3. The van der Waals surface area contributed by atoms with Gasteiger partial charge >= 0.3 is 6.18 Å². The van der Waals surface area contributed by atoms with Crippen molar-refractivity contribution in [1.29, 1.82) is 0 Å². The third-order valence-electron chi connectivity index (χ3n) is 6.07. The van der Waals surface area contributed by atoms with Crippen LogP contribution in [-0.4, -0.2) is 27.0 Å². The van der Waals surface area contributed by atoms with Crippen LogP contribution < -0.4 is 10.9 Å². The Morgan fingerprint density at radius 3 is 2.66 bits per heavy atom. The molecule has 1 heterocycles. The van der Waals surface area contributed by atoms with Gasteiger partial charge in [0.2, 0.25) is 5.56 Å². The van der Waals surface area contributed by atoms with Crippen molar-refractivity contribution in [3.05, 3.63) is 68.7 Å². The number of benzene rings is 2. The van der Waals surface area contributed by atoms with E-state index in [1.165, 1.54) is 24.3 Å². The number of aromatic hydroxyl groups is 1. The number of nitrogens with one attached hydrogen (secondary N) is 2. The zero-order valence-electron chi connectivity index (χ0n) is 16.7. The number of pyridine rings is 1. The Bertz CT molecular complexity index is 1260. The Labute approximate surface area is 184 Å². The standard InChI is InChI=1S/C22H19ClF4N2O3/c1-2-10-9-21(32,22(25,26)27)20(12-8-13(24)18(23)19(31)17(10)12)29-15-5-3-4-14-11(15)6-7-16(30)28-14/h3-8,10,20,29,31-32H,2,9H2,1H3,(H,28,30)/t10-,20?,21-/m1/s1. The largest absolute Gasteiger partial charge is 0.506 e. The number of phenolic OH excluding ortho intramolecular Hbond substituents is 1. The zero-order chi connectivity index (χ0) is 23.4. The fourth-order valence-electron chi connectivity index (χ4n) is 4.46. The molecule has 1 aromatic heterocycles. The van der Waals surface area contributed by atoms with Crippen LogP contribution in [0, 0.1) is 5.82 Å². The second-order valence-corrected chi connectivity index (χ2v) is 8.30. The molecule has 4 rings (SSSR count). The molecule has 1 unspecified atom stereocenters. The highest BCUT2D eigenvalue weighted by atomic mass is 35.5. The Morgan fingerprint density at radius 2 is 2.00 bits per heavy atom. The molecule has 1 aliphatic rings. The Morgan fingerprint density at radius 1 is 1.28 bits per heavy atom. The van der Waals surface area contributed by atoms with Crippen molar-refractivity contribution in [2.75, 3.05) is 5.32 Å². The minimum atomic E-state index is -5.07. The van der Waals surface area contributed by atoms with Crippen molar-refractivity contribution in [2.24, 2.45) is 0 Å². The number of halogens is 5. The lowest BCUT2D eigenvalue weighted by Gasteiger charge is -2.46. The molecule has 4 N–H and O–H groups in total.